The zero-order valence-corrected chi connectivity index (χ0v) is 12.2. The number of aromatic amines is 1. The molecule has 0 bridgehead atoms. The van der Waals surface area contributed by atoms with Gasteiger partial charge in [-0.25, -0.2) is 0 Å². The minimum Gasteiger partial charge on any atom is -0.361 e. The van der Waals surface area contributed by atoms with Gasteiger partial charge in [0.25, 0.3) is 0 Å². The average molecular weight is 288 g/mol. The highest BCUT2D eigenvalue weighted by Gasteiger charge is 2.17. The van der Waals surface area contributed by atoms with Gasteiger partial charge in [0.2, 0.25) is 11.8 Å². The first kappa shape index (κ1) is 15.1. The zero-order chi connectivity index (χ0) is 15.4. The first-order valence-electron chi connectivity index (χ1n) is 6.77. The fraction of sp³-hybridized carbons (Fsp3) is 0.333. The van der Waals surface area contributed by atoms with Crippen molar-refractivity contribution in [3.05, 3.63) is 36.0 Å². The normalized spacial score (nSPS) is 12.1. The number of nitrogens with one attached hydrogen (secondary N) is 2. The molecule has 0 aliphatic rings. The fourth-order valence-electron chi connectivity index (χ4n) is 2.08. The second-order valence-corrected chi connectivity index (χ2v) is 5.18. The molecule has 2 rings (SSSR count). The third-order valence-electron chi connectivity index (χ3n) is 3.36. The maximum absolute atomic E-state index is 11.9. The topological polar surface area (TPSA) is 91.2 Å². The SMILES string of the molecule is CN(C)C(=O)CNC(=O)[C@@H](N)Cc1c[nH]c2ccccc12. The molecule has 6 nitrogen and oxygen atoms in total. The van der Waals surface area contributed by atoms with E-state index < -0.39 is 6.04 Å². The van der Waals surface area contributed by atoms with Crippen molar-refractivity contribution in [3.63, 3.8) is 0 Å². The molecule has 0 spiro atoms. The number of aromatic nitrogens is 1. The number of hydrogen-bond acceptors (Lipinski definition) is 3. The smallest absolute Gasteiger partial charge is 0.241 e. The van der Waals surface area contributed by atoms with E-state index >= 15 is 0 Å². The average Bonchev–Trinajstić information content (AvgIpc) is 2.87. The number of fused-ring (bicyclic) bond motifs is 1. The van der Waals surface area contributed by atoms with Gasteiger partial charge in [-0.2, -0.15) is 0 Å². The Labute approximate surface area is 123 Å². The monoisotopic (exact) mass is 288 g/mol. The van der Waals surface area contributed by atoms with Crippen LogP contribution in [-0.2, 0) is 16.0 Å². The number of nitrogens with two attached hydrogens (primary N) is 1. The summed E-state index contributed by atoms with van der Waals surface area (Å²) in [6.07, 6.45) is 2.29. The Balaban J connectivity index is 1.96. The number of hydrogen-bond donors (Lipinski definition) is 3. The van der Waals surface area contributed by atoms with Crippen LogP contribution in [0.15, 0.2) is 30.5 Å². The van der Waals surface area contributed by atoms with Crippen molar-refractivity contribution in [2.75, 3.05) is 20.6 Å². The maximum atomic E-state index is 11.9. The molecule has 0 aliphatic heterocycles. The number of amides is 2. The standard InChI is InChI=1S/C15H20N4O2/c1-19(2)14(20)9-18-15(21)12(16)7-10-8-17-13-6-4-3-5-11(10)13/h3-6,8,12,17H,7,9,16H2,1-2H3,(H,18,21)/t12-/m0/s1. The number of likely N-dealkylation sites (N-methyl/N-ethyl adjacent to an activating group) is 1. The molecule has 112 valence electrons. The quantitative estimate of drug-likeness (QED) is 0.736. The molecule has 2 amide bonds. The molecule has 2 aromatic rings. The number of benzene rings is 1. The molecular formula is C15H20N4O2. The first-order chi connectivity index (χ1) is 9.99. The number of H-pyrrole nitrogens is 1. The van der Waals surface area contributed by atoms with E-state index in [9.17, 15) is 9.59 Å². The lowest BCUT2D eigenvalue weighted by Crippen LogP contribution is -2.45. The molecule has 21 heavy (non-hydrogen) atoms. The third kappa shape index (κ3) is 3.61. The molecule has 0 aliphatic carbocycles. The summed E-state index contributed by atoms with van der Waals surface area (Å²) in [5.41, 5.74) is 7.92. The van der Waals surface area contributed by atoms with E-state index in [1.54, 1.807) is 14.1 Å². The van der Waals surface area contributed by atoms with Crippen molar-refractivity contribution < 1.29 is 9.59 Å². The molecule has 0 saturated heterocycles. The number of para-hydroxylation sites is 1. The summed E-state index contributed by atoms with van der Waals surface area (Å²) in [5.74, 6) is -0.488. The maximum Gasteiger partial charge on any atom is 0.241 e. The van der Waals surface area contributed by atoms with E-state index in [4.69, 9.17) is 5.73 Å². The predicted molar refractivity (Wildman–Crippen MR) is 81.7 cm³/mol. The lowest BCUT2D eigenvalue weighted by atomic mass is 10.1. The van der Waals surface area contributed by atoms with E-state index in [0.29, 0.717) is 6.42 Å². The summed E-state index contributed by atoms with van der Waals surface area (Å²) < 4.78 is 0. The highest BCUT2D eigenvalue weighted by molar-refractivity contribution is 5.88. The van der Waals surface area contributed by atoms with Gasteiger partial charge in [0, 0.05) is 31.2 Å². The van der Waals surface area contributed by atoms with Crippen LogP contribution in [0.1, 0.15) is 5.56 Å². The van der Waals surface area contributed by atoms with Crippen LogP contribution < -0.4 is 11.1 Å². The van der Waals surface area contributed by atoms with Crippen molar-refractivity contribution in [1.29, 1.82) is 0 Å². The molecule has 4 N–H and O–H groups in total. The Hall–Kier alpha value is -2.34. The van der Waals surface area contributed by atoms with Crippen LogP contribution in [0, 0.1) is 0 Å². The van der Waals surface area contributed by atoms with Gasteiger partial charge < -0.3 is 20.9 Å². The van der Waals surface area contributed by atoms with E-state index in [1.165, 1.54) is 4.90 Å². The van der Waals surface area contributed by atoms with Gasteiger partial charge in [-0.3, -0.25) is 9.59 Å². The van der Waals surface area contributed by atoms with Crippen LogP contribution in [0.4, 0.5) is 0 Å². The summed E-state index contributed by atoms with van der Waals surface area (Å²) >= 11 is 0. The van der Waals surface area contributed by atoms with Crippen LogP contribution in [0.25, 0.3) is 10.9 Å². The largest absolute Gasteiger partial charge is 0.361 e. The van der Waals surface area contributed by atoms with E-state index in [2.05, 4.69) is 10.3 Å². The summed E-state index contributed by atoms with van der Waals surface area (Å²) in [6, 6.07) is 7.17. The Morgan fingerprint density at radius 3 is 2.76 bits per heavy atom. The second kappa shape index (κ2) is 6.41. The molecule has 6 heteroatoms. The summed E-state index contributed by atoms with van der Waals surface area (Å²) in [5, 5.41) is 3.62. The molecule has 1 atom stereocenters. The molecule has 0 radical (unpaired) electrons. The lowest BCUT2D eigenvalue weighted by Gasteiger charge is -2.14. The van der Waals surface area contributed by atoms with Crippen LogP contribution in [0.5, 0.6) is 0 Å². The first-order valence-corrected chi connectivity index (χ1v) is 6.77. The van der Waals surface area contributed by atoms with Crippen molar-refractivity contribution in [2.24, 2.45) is 5.73 Å². The highest BCUT2D eigenvalue weighted by atomic mass is 16.2. The minimum atomic E-state index is -0.681. The Morgan fingerprint density at radius 1 is 1.33 bits per heavy atom. The van der Waals surface area contributed by atoms with Gasteiger partial charge in [-0.15, -0.1) is 0 Å². The van der Waals surface area contributed by atoms with Gasteiger partial charge in [-0.1, -0.05) is 18.2 Å². The number of rotatable bonds is 5. The molecule has 0 saturated carbocycles. The van der Waals surface area contributed by atoms with Gasteiger partial charge in [0.1, 0.15) is 0 Å². The molecule has 0 fully saturated rings. The molecule has 1 aromatic carbocycles. The van der Waals surface area contributed by atoms with Gasteiger partial charge >= 0.3 is 0 Å². The zero-order valence-electron chi connectivity index (χ0n) is 12.2. The van der Waals surface area contributed by atoms with Crippen LogP contribution in [0.2, 0.25) is 0 Å². The lowest BCUT2D eigenvalue weighted by molar-refractivity contribution is -0.131. The number of carbonyl (C=O) groups is 2. The Kier molecular flexibility index (Phi) is 4.59. The molecule has 1 heterocycles. The minimum absolute atomic E-state index is 0.0343. The molecular weight excluding hydrogens is 268 g/mol. The van der Waals surface area contributed by atoms with Crippen molar-refractivity contribution in [3.8, 4) is 0 Å². The highest BCUT2D eigenvalue weighted by Crippen LogP contribution is 2.18. The van der Waals surface area contributed by atoms with E-state index in [-0.39, 0.29) is 18.4 Å². The van der Waals surface area contributed by atoms with Crippen LogP contribution >= 0.6 is 0 Å². The molecule has 0 unspecified atom stereocenters. The Bertz CT molecular complexity index is 648. The van der Waals surface area contributed by atoms with E-state index in [0.717, 1.165) is 16.5 Å². The summed E-state index contributed by atoms with van der Waals surface area (Å²) in [7, 11) is 3.28. The van der Waals surface area contributed by atoms with Crippen molar-refractivity contribution >= 4 is 22.7 Å². The summed E-state index contributed by atoms with van der Waals surface area (Å²) in [6.45, 7) is -0.0343. The second-order valence-electron chi connectivity index (χ2n) is 5.18. The number of carbonyl (C=O) groups excluding carboxylic acids is 2. The fourth-order valence-corrected chi connectivity index (χ4v) is 2.08. The summed E-state index contributed by atoms with van der Waals surface area (Å²) in [4.78, 5) is 27.9. The van der Waals surface area contributed by atoms with E-state index in [1.807, 2.05) is 30.5 Å². The number of nitrogens with zero attached hydrogens (tertiary/aromatic N) is 1. The third-order valence-corrected chi connectivity index (χ3v) is 3.36. The van der Waals surface area contributed by atoms with Crippen LogP contribution in [0.3, 0.4) is 0 Å². The van der Waals surface area contributed by atoms with Gasteiger partial charge in [0.05, 0.1) is 12.6 Å². The van der Waals surface area contributed by atoms with Crippen LogP contribution in [-0.4, -0.2) is 48.4 Å². The molecule has 1 aromatic heterocycles. The van der Waals surface area contributed by atoms with Crippen molar-refractivity contribution in [1.82, 2.24) is 15.2 Å². The Morgan fingerprint density at radius 2 is 2.05 bits per heavy atom. The van der Waals surface area contributed by atoms with Gasteiger partial charge in [0.15, 0.2) is 0 Å². The van der Waals surface area contributed by atoms with Gasteiger partial charge in [-0.05, 0) is 18.1 Å². The predicted octanol–water partition coefficient (Wildman–Crippen LogP) is 0.242. The van der Waals surface area contributed by atoms with Crippen molar-refractivity contribution in [2.45, 2.75) is 12.5 Å².